The average molecular weight is 356 g/mol. The number of alkyl halides is 5. The maximum Gasteiger partial charge on any atom is 1.00 e. The molecule has 0 aromatic carbocycles. The summed E-state index contributed by atoms with van der Waals surface area (Å²) in [5, 5.41) is -3.94. The Balaban J connectivity index is 0. The van der Waals surface area contributed by atoms with E-state index in [9.17, 15) is 43.9 Å². The van der Waals surface area contributed by atoms with Gasteiger partial charge in [0.2, 0.25) is 5.25 Å². The summed E-state index contributed by atoms with van der Waals surface area (Å²) < 4.78 is 110. The molecule has 0 spiro atoms. The molecule has 0 aromatic heterocycles. The van der Waals surface area contributed by atoms with Crippen molar-refractivity contribution in [3.8, 4) is 0 Å². The molecule has 0 aromatic rings. The summed E-state index contributed by atoms with van der Waals surface area (Å²) in [5.74, 6) is -6.54. The van der Waals surface area contributed by atoms with Crippen molar-refractivity contribution in [1.82, 2.24) is 0 Å². The van der Waals surface area contributed by atoms with Crippen molar-refractivity contribution in [1.29, 1.82) is 0 Å². The first kappa shape index (κ1) is 22.7. The van der Waals surface area contributed by atoms with E-state index in [1.807, 2.05) is 0 Å². The molecule has 0 aliphatic carbocycles. The van der Waals surface area contributed by atoms with E-state index in [0.717, 1.165) is 0 Å². The number of hydrogen-bond donors (Lipinski definition) is 0. The molecule has 0 aliphatic rings. The first-order valence-electron chi connectivity index (χ1n) is 4.14. The van der Waals surface area contributed by atoms with Crippen molar-refractivity contribution in [3.05, 3.63) is 12.7 Å². The number of halogens is 6. The maximum absolute atomic E-state index is 12.4. The van der Waals surface area contributed by atoms with Crippen molar-refractivity contribution in [2.45, 2.75) is 17.2 Å². The van der Waals surface area contributed by atoms with Gasteiger partial charge >= 0.3 is 30.8 Å². The van der Waals surface area contributed by atoms with Gasteiger partial charge in [0.1, 0.15) is 0 Å². The molecular formula is C6H5F6LiNO5S2+. The first-order valence-corrected chi connectivity index (χ1v) is 7.15. The number of rotatable bonds is 6. The van der Waals surface area contributed by atoms with Crippen LogP contribution in [0.4, 0.5) is 26.5 Å². The molecule has 2 unspecified atom stereocenters. The largest absolute Gasteiger partial charge is 1.00 e. The molecule has 0 heterocycles. The third-order valence-corrected chi connectivity index (χ3v) is 4.97. The third-order valence-electron chi connectivity index (χ3n) is 1.58. The molecule has 118 valence electrons. The third kappa shape index (κ3) is 5.62. The van der Waals surface area contributed by atoms with Crippen LogP contribution in [-0.2, 0) is 29.2 Å². The monoisotopic (exact) mass is 356 g/mol. The van der Waals surface area contributed by atoms with E-state index < -0.39 is 43.0 Å². The molecule has 0 radical (unpaired) electrons. The second kappa shape index (κ2) is 7.63. The van der Waals surface area contributed by atoms with Crippen LogP contribution in [0.2, 0.25) is 0 Å². The van der Waals surface area contributed by atoms with E-state index in [4.69, 9.17) is 0 Å². The van der Waals surface area contributed by atoms with E-state index in [1.54, 1.807) is 3.77 Å². The Labute approximate surface area is 127 Å². The van der Waals surface area contributed by atoms with Crippen LogP contribution < -0.4 is 18.9 Å². The summed E-state index contributed by atoms with van der Waals surface area (Å²) in [7, 11) is -12.0. The fourth-order valence-electron chi connectivity index (χ4n) is 0.843. The number of ketones is 1. The molecule has 0 amide bonds. The van der Waals surface area contributed by atoms with Gasteiger partial charge in [-0.3, -0.25) is 4.79 Å². The van der Waals surface area contributed by atoms with Gasteiger partial charge in [0.15, 0.2) is 5.78 Å². The van der Waals surface area contributed by atoms with Gasteiger partial charge in [0, 0.05) is 0 Å². The zero-order chi connectivity index (χ0) is 16.4. The molecular weight excluding hydrogens is 351 g/mol. The molecule has 21 heavy (non-hydrogen) atoms. The summed E-state index contributed by atoms with van der Waals surface area (Å²) in [6.45, 7) is 2.58. The summed E-state index contributed by atoms with van der Waals surface area (Å²) in [6.07, 6.45) is -5.84. The molecule has 0 saturated heterocycles. The minimum absolute atomic E-state index is 0. The summed E-state index contributed by atoms with van der Waals surface area (Å²) >= 11 is 0. The van der Waals surface area contributed by atoms with E-state index in [1.165, 1.54) is 0 Å². The number of sulfonamides is 1. The van der Waals surface area contributed by atoms with Crippen molar-refractivity contribution in [2.24, 2.45) is 3.77 Å². The molecule has 0 fully saturated rings. The molecule has 15 heteroatoms. The van der Waals surface area contributed by atoms with Crippen LogP contribution in [-0.4, -0.2) is 35.6 Å². The Hall–Kier alpha value is -0.553. The molecule has 6 nitrogen and oxygen atoms in total. The fraction of sp³-hybridized carbons (Fsp3) is 0.500. The van der Waals surface area contributed by atoms with Crippen LogP contribution >= 0.6 is 0 Å². The van der Waals surface area contributed by atoms with Crippen LogP contribution in [0.5, 0.6) is 0 Å². The van der Waals surface area contributed by atoms with Crippen LogP contribution in [0.15, 0.2) is 16.4 Å². The van der Waals surface area contributed by atoms with E-state index in [0.29, 0.717) is 0 Å². The van der Waals surface area contributed by atoms with Crippen molar-refractivity contribution < 1.29 is 67.1 Å². The second-order valence-corrected chi connectivity index (χ2v) is 6.57. The molecule has 0 bridgehead atoms. The Bertz CT molecular complexity index is 608. The Kier molecular flexibility index (Phi) is 8.26. The average Bonchev–Trinajstić information content (AvgIpc) is 2.25. The first-order chi connectivity index (χ1) is 8.81. The molecule has 0 rings (SSSR count). The van der Waals surface area contributed by atoms with Gasteiger partial charge in [0.05, 0.1) is 0 Å². The zero-order valence-electron chi connectivity index (χ0n) is 10.0. The molecule has 0 saturated carbocycles. The Morgan fingerprint density at radius 1 is 1.24 bits per heavy atom. The van der Waals surface area contributed by atoms with E-state index >= 15 is 0 Å². The fourth-order valence-corrected chi connectivity index (χ4v) is 3.48. The van der Waals surface area contributed by atoms with Gasteiger partial charge in [-0.2, -0.15) is 22.0 Å². The van der Waals surface area contributed by atoms with Gasteiger partial charge < -0.3 is 0 Å². The number of nitrogens with zero attached hydrogens (tertiary/aromatic N) is 1. The topological polar surface area (TPSA) is 89.9 Å². The predicted molar refractivity (Wildman–Crippen MR) is 52.7 cm³/mol. The smallest absolute Gasteiger partial charge is 0.293 e. The normalized spacial score (nSPS) is 16.5. The van der Waals surface area contributed by atoms with Crippen molar-refractivity contribution >= 4 is 25.8 Å². The summed E-state index contributed by atoms with van der Waals surface area (Å²) in [4.78, 5) is 10.9. The van der Waals surface area contributed by atoms with Gasteiger partial charge in [-0.15, -0.1) is 0 Å². The zero-order valence-corrected chi connectivity index (χ0v) is 11.6. The van der Waals surface area contributed by atoms with Crippen molar-refractivity contribution in [2.75, 3.05) is 0 Å². The number of allylic oxidation sites excluding steroid dienone is 1. The number of carbonyl (C=O) groups is 1. The van der Waals surface area contributed by atoms with Gasteiger partial charge in [-0.1, -0.05) is 14.7 Å². The minimum Gasteiger partial charge on any atom is -0.293 e. The molecule has 0 N–H and O–H groups in total. The number of hydrogen-bond acceptors (Lipinski definition) is 5. The van der Waals surface area contributed by atoms with Crippen LogP contribution in [0.25, 0.3) is 0 Å². The standard InChI is InChI=1S/C6H5F6NO5S2.Li/c1-2-3(14)4(6(9,10)11)19(15,16)13-20(17,18-12)5(7)8;/h2,4-5H,1H2;/q;+1. The van der Waals surface area contributed by atoms with Gasteiger partial charge in [0.25, 0.3) is 20.0 Å². The summed E-state index contributed by atoms with van der Waals surface area (Å²) in [5.41, 5.74) is 0. The Morgan fingerprint density at radius 3 is 1.90 bits per heavy atom. The predicted octanol–water partition coefficient (Wildman–Crippen LogP) is -1.49. The number of carbonyl (C=O) groups excluding carboxylic acids is 1. The molecule has 2 atom stereocenters. The Morgan fingerprint density at radius 2 is 1.67 bits per heavy atom. The minimum atomic E-state index is -6.15. The summed E-state index contributed by atoms with van der Waals surface area (Å²) in [6, 6.07) is 0. The molecule has 0 aliphatic heterocycles. The second-order valence-electron chi connectivity index (χ2n) is 2.96. The van der Waals surface area contributed by atoms with E-state index in [2.05, 4.69) is 11.0 Å². The quantitative estimate of drug-likeness (QED) is 0.329. The van der Waals surface area contributed by atoms with Crippen LogP contribution in [0, 0.1) is 0 Å². The van der Waals surface area contributed by atoms with Crippen molar-refractivity contribution in [3.63, 3.8) is 0 Å². The van der Waals surface area contributed by atoms with Gasteiger partial charge in [-0.05, 0) is 10.6 Å². The van der Waals surface area contributed by atoms with Crippen LogP contribution in [0.1, 0.15) is 0 Å². The van der Waals surface area contributed by atoms with E-state index in [-0.39, 0.29) is 24.9 Å². The SMILES string of the molecule is C=CC(=O)C(C(F)(F)F)S(=O)(=O)N=S(=O)(OF)C(F)F.[Li+]. The maximum atomic E-state index is 12.4. The van der Waals surface area contributed by atoms with Gasteiger partial charge in [-0.25, -0.2) is 12.6 Å². The van der Waals surface area contributed by atoms with Crippen LogP contribution in [0.3, 0.4) is 0 Å².